The number of nitrogens with one attached hydrogen (secondary N) is 2. The number of benzene rings is 1. The lowest BCUT2D eigenvalue weighted by molar-refractivity contribution is -0.122. The second kappa shape index (κ2) is 7.28. The molecule has 1 amide bonds. The summed E-state index contributed by atoms with van der Waals surface area (Å²) in [6, 6.07) is 3.52. The maximum Gasteiger partial charge on any atom is 0.245 e. The van der Waals surface area contributed by atoms with Crippen molar-refractivity contribution >= 4 is 15.9 Å². The Labute approximate surface area is 124 Å². The maximum absolute atomic E-state index is 12.4. The Bertz CT molecular complexity index is 601. The summed E-state index contributed by atoms with van der Waals surface area (Å²) >= 11 is 0. The molecule has 0 heterocycles. The number of sulfonamides is 1. The summed E-state index contributed by atoms with van der Waals surface area (Å²) in [7, 11) is -1.11. The summed E-state index contributed by atoms with van der Waals surface area (Å²) in [6.45, 7) is 3.65. The molecule has 0 radical (unpaired) electrons. The van der Waals surface area contributed by atoms with Gasteiger partial charge in [0.25, 0.3) is 0 Å². The minimum atomic E-state index is -3.91. The fraction of sp³-hybridized carbons (Fsp3) is 0.462. The van der Waals surface area contributed by atoms with Crippen LogP contribution in [0.25, 0.3) is 0 Å². The Balaban J connectivity index is 3.09. The number of amides is 1. The van der Waals surface area contributed by atoms with Crippen molar-refractivity contribution in [1.29, 1.82) is 0 Å². The van der Waals surface area contributed by atoms with E-state index in [1.165, 1.54) is 33.3 Å². The van der Waals surface area contributed by atoms with Gasteiger partial charge in [-0.15, -0.1) is 0 Å². The van der Waals surface area contributed by atoms with Crippen LogP contribution in [0.1, 0.15) is 13.8 Å². The van der Waals surface area contributed by atoms with Crippen molar-refractivity contribution < 1.29 is 22.7 Å². The van der Waals surface area contributed by atoms with Crippen LogP contribution in [0.5, 0.6) is 11.5 Å². The molecule has 1 rings (SSSR count). The minimum absolute atomic E-state index is 0.0829. The van der Waals surface area contributed by atoms with E-state index in [1.807, 2.05) is 0 Å². The molecule has 0 saturated heterocycles. The zero-order valence-electron chi connectivity index (χ0n) is 12.5. The first-order valence-corrected chi connectivity index (χ1v) is 7.86. The van der Waals surface area contributed by atoms with E-state index in [-0.39, 0.29) is 10.6 Å². The molecule has 0 fully saturated rings. The van der Waals surface area contributed by atoms with E-state index in [9.17, 15) is 13.2 Å². The quantitative estimate of drug-likeness (QED) is 0.764. The number of ether oxygens (including phenoxy) is 2. The van der Waals surface area contributed by atoms with E-state index >= 15 is 0 Å². The van der Waals surface area contributed by atoms with Crippen molar-refractivity contribution in [1.82, 2.24) is 10.0 Å². The molecular weight excluding hydrogens is 296 g/mol. The van der Waals surface area contributed by atoms with Crippen LogP contribution >= 0.6 is 0 Å². The average Bonchev–Trinajstić information content (AvgIpc) is 2.46. The van der Waals surface area contributed by atoms with Gasteiger partial charge in [0.1, 0.15) is 16.4 Å². The van der Waals surface area contributed by atoms with Crippen LogP contribution in [0.4, 0.5) is 0 Å². The lowest BCUT2D eigenvalue weighted by Gasteiger charge is -2.16. The van der Waals surface area contributed by atoms with Crippen LogP contribution in [-0.2, 0) is 14.8 Å². The zero-order chi connectivity index (χ0) is 16.0. The number of likely N-dealkylation sites (N-methyl/N-ethyl adjacent to an activating group) is 1. The molecule has 1 aromatic rings. The highest BCUT2D eigenvalue weighted by Gasteiger charge is 2.25. The Morgan fingerprint density at radius 1 is 1.29 bits per heavy atom. The Morgan fingerprint density at radius 3 is 2.48 bits per heavy atom. The summed E-state index contributed by atoms with van der Waals surface area (Å²) in [4.78, 5) is 11.6. The molecule has 0 aromatic heterocycles. The van der Waals surface area contributed by atoms with Crippen LogP contribution in [-0.4, -0.2) is 41.1 Å². The van der Waals surface area contributed by atoms with Crippen molar-refractivity contribution in [2.45, 2.75) is 24.8 Å². The van der Waals surface area contributed by atoms with E-state index < -0.39 is 22.0 Å². The van der Waals surface area contributed by atoms with Crippen LogP contribution in [0, 0.1) is 0 Å². The molecule has 2 N–H and O–H groups in total. The van der Waals surface area contributed by atoms with Crippen molar-refractivity contribution in [3.05, 3.63) is 18.2 Å². The van der Waals surface area contributed by atoms with Gasteiger partial charge in [-0.2, -0.15) is 4.72 Å². The summed E-state index contributed by atoms with van der Waals surface area (Å²) in [5, 5.41) is 2.55. The Kier molecular flexibility index (Phi) is 5.98. The lowest BCUT2D eigenvalue weighted by Crippen LogP contribution is -2.44. The van der Waals surface area contributed by atoms with Gasteiger partial charge in [-0.3, -0.25) is 4.79 Å². The maximum atomic E-state index is 12.4. The van der Waals surface area contributed by atoms with Gasteiger partial charge < -0.3 is 14.8 Å². The molecule has 0 aliphatic carbocycles. The topological polar surface area (TPSA) is 93.7 Å². The average molecular weight is 316 g/mol. The number of methoxy groups -OCH3 is 2. The first-order chi connectivity index (χ1) is 9.85. The fourth-order valence-corrected chi connectivity index (χ4v) is 3.06. The molecule has 0 bridgehead atoms. The molecule has 118 valence electrons. The van der Waals surface area contributed by atoms with Gasteiger partial charge in [0.15, 0.2) is 0 Å². The molecule has 8 heteroatoms. The van der Waals surface area contributed by atoms with Gasteiger partial charge in [-0.25, -0.2) is 8.42 Å². The normalized spacial score (nSPS) is 12.6. The zero-order valence-corrected chi connectivity index (χ0v) is 13.3. The third-order valence-electron chi connectivity index (χ3n) is 2.74. The SMILES string of the molecule is CCNC(=O)C(C)NS(=O)(=O)c1cc(OC)ccc1OC. The number of hydrogen-bond donors (Lipinski definition) is 2. The van der Waals surface area contributed by atoms with E-state index in [4.69, 9.17) is 9.47 Å². The van der Waals surface area contributed by atoms with Gasteiger partial charge in [0.2, 0.25) is 15.9 Å². The summed E-state index contributed by atoms with van der Waals surface area (Å²) in [5.41, 5.74) is 0. The summed E-state index contributed by atoms with van der Waals surface area (Å²) in [6.07, 6.45) is 0. The van der Waals surface area contributed by atoms with Crippen LogP contribution in [0.15, 0.2) is 23.1 Å². The number of hydrogen-bond acceptors (Lipinski definition) is 5. The minimum Gasteiger partial charge on any atom is -0.497 e. The Morgan fingerprint density at radius 2 is 1.95 bits per heavy atom. The predicted octanol–water partition coefficient (Wildman–Crippen LogP) is 0.507. The first-order valence-electron chi connectivity index (χ1n) is 6.37. The fourth-order valence-electron chi connectivity index (χ4n) is 1.67. The largest absolute Gasteiger partial charge is 0.497 e. The molecule has 0 saturated carbocycles. The summed E-state index contributed by atoms with van der Waals surface area (Å²) < 4.78 is 37.1. The molecule has 0 aliphatic rings. The van der Waals surface area contributed by atoms with E-state index in [2.05, 4.69) is 10.0 Å². The molecule has 21 heavy (non-hydrogen) atoms. The smallest absolute Gasteiger partial charge is 0.245 e. The van der Waals surface area contributed by atoms with E-state index in [0.717, 1.165) is 0 Å². The lowest BCUT2D eigenvalue weighted by atomic mass is 10.3. The highest BCUT2D eigenvalue weighted by atomic mass is 32.2. The third-order valence-corrected chi connectivity index (χ3v) is 4.30. The highest BCUT2D eigenvalue weighted by Crippen LogP contribution is 2.28. The van der Waals surface area contributed by atoms with Crippen molar-refractivity contribution in [2.24, 2.45) is 0 Å². The third kappa shape index (κ3) is 4.33. The van der Waals surface area contributed by atoms with E-state index in [1.54, 1.807) is 13.0 Å². The molecule has 1 atom stereocenters. The molecule has 1 unspecified atom stereocenters. The van der Waals surface area contributed by atoms with Gasteiger partial charge >= 0.3 is 0 Å². The van der Waals surface area contributed by atoms with E-state index in [0.29, 0.717) is 12.3 Å². The van der Waals surface area contributed by atoms with Crippen molar-refractivity contribution in [3.8, 4) is 11.5 Å². The molecule has 1 aromatic carbocycles. The van der Waals surface area contributed by atoms with Gasteiger partial charge in [-0.05, 0) is 26.0 Å². The number of rotatable bonds is 7. The monoisotopic (exact) mass is 316 g/mol. The van der Waals surface area contributed by atoms with Gasteiger partial charge in [0, 0.05) is 12.6 Å². The number of carbonyl (C=O) groups excluding carboxylic acids is 1. The van der Waals surface area contributed by atoms with Crippen LogP contribution < -0.4 is 19.5 Å². The molecule has 0 spiro atoms. The standard InChI is InChI=1S/C13H20N2O5S/c1-5-14-13(16)9(2)15-21(17,18)12-8-10(19-3)6-7-11(12)20-4/h6-9,15H,5H2,1-4H3,(H,14,16). The molecular formula is C13H20N2O5S. The Hall–Kier alpha value is -1.80. The predicted molar refractivity (Wildman–Crippen MR) is 78.0 cm³/mol. The van der Waals surface area contributed by atoms with Gasteiger partial charge in [-0.1, -0.05) is 0 Å². The van der Waals surface area contributed by atoms with Crippen molar-refractivity contribution in [2.75, 3.05) is 20.8 Å². The first kappa shape index (κ1) is 17.3. The molecule has 0 aliphatic heterocycles. The second-order valence-electron chi connectivity index (χ2n) is 4.25. The van der Waals surface area contributed by atoms with Crippen molar-refractivity contribution in [3.63, 3.8) is 0 Å². The molecule has 7 nitrogen and oxygen atoms in total. The summed E-state index contributed by atoms with van der Waals surface area (Å²) in [5.74, 6) is 0.149. The highest BCUT2D eigenvalue weighted by molar-refractivity contribution is 7.89. The van der Waals surface area contributed by atoms with Crippen LogP contribution in [0.3, 0.4) is 0 Å². The van der Waals surface area contributed by atoms with Crippen LogP contribution in [0.2, 0.25) is 0 Å². The second-order valence-corrected chi connectivity index (χ2v) is 5.94. The number of carbonyl (C=O) groups is 1. The van der Waals surface area contributed by atoms with Gasteiger partial charge in [0.05, 0.1) is 20.3 Å².